The largest absolute Gasteiger partial charge is 0.354 e. The van der Waals surface area contributed by atoms with Crippen LogP contribution < -0.4 is 10.0 Å². The third-order valence-corrected chi connectivity index (χ3v) is 7.36. The van der Waals surface area contributed by atoms with Crippen LogP contribution in [0, 0.1) is 12.7 Å². The summed E-state index contributed by atoms with van der Waals surface area (Å²) in [4.78, 5) is 16.2. The molecule has 6 nitrogen and oxygen atoms in total. The lowest BCUT2D eigenvalue weighted by Crippen LogP contribution is -2.18. The van der Waals surface area contributed by atoms with Crippen LogP contribution >= 0.6 is 0 Å². The van der Waals surface area contributed by atoms with Crippen LogP contribution in [-0.4, -0.2) is 25.1 Å². The molecular weight excluding hydrogens is 465 g/mol. The highest BCUT2D eigenvalue weighted by molar-refractivity contribution is 7.92. The number of carbonyl (C=O) groups excluding carboxylic acids is 1. The first-order valence-electron chi connectivity index (χ1n) is 11.5. The van der Waals surface area contributed by atoms with E-state index in [9.17, 15) is 17.6 Å². The number of hydrogen-bond donors (Lipinski definition) is 3. The van der Waals surface area contributed by atoms with E-state index < -0.39 is 10.0 Å². The minimum atomic E-state index is -3.44. The van der Waals surface area contributed by atoms with Crippen LogP contribution in [-0.2, 0) is 21.2 Å². The molecule has 3 aromatic carbocycles. The van der Waals surface area contributed by atoms with Crippen molar-refractivity contribution in [1.82, 2.24) is 4.98 Å². The number of hydrogen-bond acceptors (Lipinski definition) is 3. The van der Waals surface area contributed by atoms with Crippen molar-refractivity contribution in [1.29, 1.82) is 0 Å². The van der Waals surface area contributed by atoms with Crippen LogP contribution in [0.4, 0.5) is 15.8 Å². The number of sulfonamides is 1. The Hall–Kier alpha value is -3.65. The highest BCUT2D eigenvalue weighted by Gasteiger charge is 2.17. The molecule has 3 N–H and O–H groups in total. The summed E-state index contributed by atoms with van der Waals surface area (Å²) < 4.78 is 41.0. The normalized spacial score (nSPS) is 11.5. The second kappa shape index (κ2) is 10.3. The summed E-state index contributed by atoms with van der Waals surface area (Å²) >= 11 is 0. The molecule has 0 spiro atoms. The number of anilines is 2. The molecule has 1 heterocycles. The predicted octanol–water partition coefficient (Wildman–Crippen LogP) is 6.01. The lowest BCUT2D eigenvalue weighted by atomic mass is 10.0. The molecule has 182 valence electrons. The van der Waals surface area contributed by atoms with Crippen LogP contribution in [0.2, 0.25) is 0 Å². The van der Waals surface area contributed by atoms with Crippen LogP contribution in [0.1, 0.15) is 30.9 Å². The van der Waals surface area contributed by atoms with Crippen LogP contribution in [0.5, 0.6) is 0 Å². The molecule has 0 aliphatic rings. The topological polar surface area (TPSA) is 91.1 Å². The Balaban J connectivity index is 1.54. The summed E-state index contributed by atoms with van der Waals surface area (Å²) in [7, 11) is -3.44. The highest BCUT2D eigenvalue weighted by atomic mass is 32.2. The van der Waals surface area contributed by atoms with Crippen LogP contribution in [0.25, 0.3) is 22.2 Å². The third kappa shape index (κ3) is 5.71. The van der Waals surface area contributed by atoms with E-state index in [-0.39, 0.29) is 23.9 Å². The number of carbonyl (C=O) groups is 1. The summed E-state index contributed by atoms with van der Waals surface area (Å²) in [6, 6.07) is 19.4. The number of aromatic nitrogens is 1. The summed E-state index contributed by atoms with van der Waals surface area (Å²) in [5.74, 6) is -0.524. The van der Waals surface area contributed by atoms with E-state index >= 15 is 0 Å². The van der Waals surface area contributed by atoms with E-state index in [0.717, 1.165) is 27.7 Å². The molecule has 4 aromatic rings. The Morgan fingerprint density at radius 2 is 1.74 bits per heavy atom. The van der Waals surface area contributed by atoms with Crippen molar-refractivity contribution in [3.8, 4) is 11.3 Å². The molecule has 0 unspecified atom stereocenters. The first kappa shape index (κ1) is 24.5. The van der Waals surface area contributed by atoms with Gasteiger partial charge in [0, 0.05) is 28.7 Å². The van der Waals surface area contributed by atoms with Crippen molar-refractivity contribution in [3.05, 3.63) is 83.7 Å². The second-order valence-corrected chi connectivity index (χ2v) is 10.3. The average Bonchev–Trinajstić information content (AvgIpc) is 3.18. The zero-order valence-electron chi connectivity index (χ0n) is 19.7. The lowest BCUT2D eigenvalue weighted by molar-refractivity contribution is -0.116. The van der Waals surface area contributed by atoms with Gasteiger partial charge in [0.25, 0.3) is 0 Å². The molecule has 0 bridgehead atoms. The fourth-order valence-electron chi connectivity index (χ4n) is 4.15. The molecule has 0 atom stereocenters. The number of amides is 1. The van der Waals surface area contributed by atoms with Gasteiger partial charge in [-0.1, -0.05) is 43.3 Å². The van der Waals surface area contributed by atoms with Crippen molar-refractivity contribution >= 4 is 38.2 Å². The second-order valence-electron chi connectivity index (χ2n) is 8.48. The Labute approximate surface area is 204 Å². The van der Waals surface area contributed by atoms with Gasteiger partial charge in [0.1, 0.15) is 5.82 Å². The SMILES string of the molecule is CCCS(=O)(=O)Nc1cccc(NC(=O)CCc2c(-c3ccccc3)[nH]c3ccc(F)cc23)c1C. The standard InChI is InChI=1S/C27H28FN3O3S/c1-3-16-35(33,34)31-24-11-7-10-23(18(24)2)29-26(32)15-13-21-22-17-20(28)12-14-25(22)30-27(21)19-8-5-4-6-9-19/h4-12,14,17,30-31H,3,13,15-16H2,1-2H3,(H,29,32). The Bertz CT molecular complexity index is 1460. The minimum absolute atomic E-state index is 0.0258. The van der Waals surface area contributed by atoms with Crippen LogP contribution in [0.3, 0.4) is 0 Å². The molecule has 1 amide bonds. The Morgan fingerprint density at radius 3 is 2.49 bits per heavy atom. The Kier molecular flexibility index (Phi) is 7.21. The van der Waals surface area contributed by atoms with E-state index in [0.29, 0.717) is 29.8 Å². The molecule has 4 rings (SSSR count). The number of rotatable bonds is 9. The van der Waals surface area contributed by atoms with Gasteiger partial charge in [0.2, 0.25) is 15.9 Å². The summed E-state index contributed by atoms with van der Waals surface area (Å²) in [5, 5.41) is 3.64. The van der Waals surface area contributed by atoms with Crippen molar-refractivity contribution in [2.24, 2.45) is 0 Å². The zero-order chi connectivity index (χ0) is 25.0. The van der Waals surface area contributed by atoms with Gasteiger partial charge in [-0.15, -0.1) is 0 Å². The maximum Gasteiger partial charge on any atom is 0.232 e. The van der Waals surface area contributed by atoms with E-state index in [1.165, 1.54) is 12.1 Å². The van der Waals surface area contributed by atoms with E-state index in [4.69, 9.17) is 0 Å². The molecule has 35 heavy (non-hydrogen) atoms. The van der Waals surface area contributed by atoms with Crippen molar-refractivity contribution in [2.45, 2.75) is 33.1 Å². The first-order valence-corrected chi connectivity index (χ1v) is 13.2. The van der Waals surface area contributed by atoms with Crippen molar-refractivity contribution < 1.29 is 17.6 Å². The number of aromatic amines is 1. The van der Waals surface area contributed by atoms with Gasteiger partial charge in [-0.3, -0.25) is 9.52 Å². The van der Waals surface area contributed by atoms with Gasteiger partial charge in [0.05, 0.1) is 11.4 Å². The fourth-order valence-corrected chi connectivity index (χ4v) is 5.35. The van der Waals surface area contributed by atoms with Gasteiger partial charge < -0.3 is 10.3 Å². The quantitative estimate of drug-likeness (QED) is 0.267. The van der Waals surface area contributed by atoms with Crippen molar-refractivity contribution in [3.63, 3.8) is 0 Å². The van der Waals surface area contributed by atoms with E-state index in [1.807, 2.05) is 30.3 Å². The molecular formula is C27H28FN3O3S. The lowest BCUT2D eigenvalue weighted by Gasteiger charge is -2.14. The molecule has 0 saturated heterocycles. The van der Waals surface area contributed by atoms with Gasteiger partial charge >= 0.3 is 0 Å². The van der Waals surface area contributed by atoms with Gasteiger partial charge in [-0.25, -0.2) is 12.8 Å². The van der Waals surface area contributed by atoms with Gasteiger partial charge in [-0.05, 0) is 66.8 Å². The van der Waals surface area contributed by atoms with Crippen molar-refractivity contribution in [2.75, 3.05) is 15.8 Å². The van der Waals surface area contributed by atoms with Crippen LogP contribution in [0.15, 0.2) is 66.7 Å². The number of H-pyrrole nitrogens is 1. The Morgan fingerprint density at radius 1 is 1.00 bits per heavy atom. The zero-order valence-corrected chi connectivity index (χ0v) is 20.5. The molecule has 1 aromatic heterocycles. The number of halogens is 1. The van der Waals surface area contributed by atoms with E-state index in [2.05, 4.69) is 15.0 Å². The summed E-state index contributed by atoms with van der Waals surface area (Å²) in [5.41, 5.74) is 5.13. The first-order chi connectivity index (χ1) is 16.8. The summed E-state index contributed by atoms with van der Waals surface area (Å²) in [6.07, 6.45) is 1.09. The molecule has 0 aliphatic heterocycles. The molecule has 0 saturated carbocycles. The summed E-state index contributed by atoms with van der Waals surface area (Å²) in [6.45, 7) is 3.56. The molecule has 0 fully saturated rings. The van der Waals surface area contributed by atoms with Gasteiger partial charge in [0.15, 0.2) is 0 Å². The fraction of sp³-hybridized carbons (Fsp3) is 0.222. The smallest absolute Gasteiger partial charge is 0.232 e. The molecule has 0 aliphatic carbocycles. The maximum atomic E-state index is 14.0. The van der Waals surface area contributed by atoms with E-state index in [1.54, 1.807) is 38.1 Å². The average molecular weight is 494 g/mol. The molecule has 0 radical (unpaired) electrons. The minimum Gasteiger partial charge on any atom is -0.354 e. The number of benzene rings is 3. The highest BCUT2D eigenvalue weighted by Crippen LogP contribution is 2.32. The number of aryl methyl sites for hydroxylation is 1. The van der Waals surface area contributed by atoms with Gasteiger partial charge in [-0.2, -0.15) is 0 Å². The maximum absolute atomic E-state index is 14.0. The molecule has 8 heteroatoms. The predicted molar refractivity (Wildman–Crippen MR) is 140 cm³/mol. The monoisotopic (exact) mass is 493 g/mol. The third-order valence-electron chi connectivity index (χ3n) is 5.88. The number of fused-ring (bicyclic) bond motifs is 1. The number of nitrogens with one attached hydrogen (secondary N) is 3.